The van der Waals surface area contributed by atoms with Crippen molar-refractivity contribution in [2.24, 2.45) is 5.73 Å². The summed E-state index contributed by atoms with van der Waals surface area (Å²) in [4.78, 5) is 12.0. The molecule has 0 atom stereocenters. The second-order valence-corrected chi connectivity index (χ2v) is 7.04. The summed E-state index contributed by atoms with van der Waals surface area (Å²) in [6.45, 7) is -0.240. The summed E-state index contributed by atoms with van der Waals surface area (Å²) < 4.78 is 84.0. The van der Waals surface area contributed by atoms with Crippen LogP contribution >= 0.6 is 0 Å². The van der Waals surface area contributed by atoms with Crippen LogP contribution < -0.4 is 10.5 Å². The largest absolute Gasteiger partial charge is 0.573 e. The van der Waals surface area contributed by atoms with Crippen LogP contribution in [0.4, 0.5) is 26.3 Å². The fraction of sp³-hybridized carbons (Fsp3) is 0.136. The molecule has 0 aliphatic carbocycles. The van der Waals surface area contributed by atoms with E-state index >= 15 is 0 Å². The van der Waals surface area contributed by atoms with Gasteiger partial charge in [0.1, 0.15) is 5.75 Å². The molecular formula is C22H14F6N2O2. The van der Waals surface area contributed by atoms with Crippen LogP contribution in [0.5, 0.6) is 5.75 Å². The first-order valence-electron chi connectivity index (χ1n) is 9.21. The lowest BCUT2D eigenvalue weighted by Crippen LogP contribution is -2.18. The number of primary amides is 1. The Labute approximate surface area is 176 Å². The predicted molar refractivity (Wildman–Crippen MR) is 105 cm³/mol. The molecule has 0 spiro atoms. The Morgan fingerprint density at radius 1 is 0.906 bits per heavy atom. The van der Waals surface area contributed by atoms with Gasteiger partial charge in [0.05, 0.1) is 23.1 Å². The van der Waals surface area contributed by atoms with E-state index in [1.807, 2.05) is 0 Å². The second kappa shape index (κ2) is 7.47. The number of hydrogen-bond donors (Lipinski definition) is 1. The van der Waals surface area contributed by atoms with Gasteiger partial charge in [0.25, 0.3) is 0 Å². The van der Waals surface area contributed by atoms with Crippen molar-refractivity contribution in [3.8, 4) is 5.75 Å². The number of rotatable bonds is 4. The third-order valence-electron chi connectivity index (χ3n) is 5.01. The molecule has 4 aromatic rings. The maximum Gasteiger partial charge on any atom is 0.573 e. The summed E-state index contributed by atoms with van der Waals surface area (Å²) in [7, 11) is 0. The van der Waals surface area contributed by atoms with Crippen LogP contribution in [0, 0.1) is 0 Å². The van der Waals surface area contributed by atoms with Gasteiger partial charge in [-0.3, -0.25) is 4.79 Å². The normalized spacial score (nSPS) is 12.4. The minimum atomic E-state index is -4.94. The van der Waals surface area contributed by atoms with Gasteiger partial charge in [-0.2, -0.15) is 13.2 Å². The Hall–Kier alpha value is -3.69. The van der Waals surface area contributed by atoms with E-state index in [0.717, 1.165) is 18.2 Å². The van der Waals surface area contributed by atoms with Crippen molar-refractivity contribution in [3.63, 3.8) is 0 Å². The molecule has 0 saturated carbocycles. The fourth-order valence-corrected chi connectivity index (χ4v) is 3.73. The molecule has 2 N–H and O–H groups in total. The quantitative estimate of drug-likeness (QED) is 0.395. The molecule has 0 fully saturated rings. The Morgan fingerprint density at radius 2 is 1.62 bits per heavy atom. The highest BCUT2D eigenvalue weighted by atomic mass is 19.4. The van der Waals surface area contributed by atoms with Gasteiger partial charge in [-0.15, -0.1) is 13.2 Å². The van der Waals surface area contributed by atoms with Crippen LogP contribution in [0.3, 0.4) is 0 Å². The van der Waals surface area contributed by atoms with Crippen molar-refractivity contribution in [2.75, 3.05) is 0 Å². The van der Waals surface area contributed by atoms with E-state index in [4.69, 9.17) is 5.73 Å². The molecule has 1 heterocycles. The summed E-state index contributed by atoms with van der Waals surface area (Å²) in [6, 6.07) is 12.8. The summed E-state index contributed by atoms with van der Waals surface area (Å²) >= 11 is 0. The zero-order chi connectivity index (χ0) is 23.3. The topological polar surface area (TPSA) is 57.2 Å². The van der Waals surface area contributed by atoms with Gasteiger partial charge in [0.2, 0.25) is 5.91 Å². The summed E-state index contributed by atoms with van der Waals surface area (Å²) in [6.07, 6.45) is -9.58. The van der Waals surface area contributed by atoms with Crippen LogP contribution in [0.25, 0.3) is 21.8 Å². The number of benzene rings is 3. The van der Waals surface area contributed by atoms with E-state index < -0.39 is 29.8 Å². The van der Waals surface area contributed by atoms with Crippen molar-refractivity contribution in [2.45, 2.75) is 19.1 Å². The maximum absolute atomic E-state index is 13.4. The Kier molecular flexibility index (Phi) is 5.03. The van der Waals surface area contributed by atoms with Crippen LogP contribution in [0.1, 0.15) is 21.5 Å². The molecule has 0 saturated heterocycles. The average molecular weight is 452 g/mol. The van der Waals surface area contributed by atoms with Gasteiger partial charge in [-0.1, -0.05) is 30.3 Å². The monoisotopic (exact) mass is 452 g/mol. The lowest BCUT2D eigenvalue weighted by molar-refractivity contribution is -0.274. The highest BCUT2D eigenvalue weighted by molar-refractivity contribution is 6.18. The minimum absolute atomic E-state index is 0.0883. The molecule has 1 aromatic heterocycles. The minimum Gasteiger partial charge on any atom is -0.405 e. The van der Waals surface area contributed by atoms with Gasteiger partial charge >= 0.3 is 12.5 Å². The molecule has 0 aliphatic heterocycles. The van der Waals surface area contributed by atoms with Gasteiger partial charge < -0.3 is 15.0 Å². The molecular weight excluding hydrogens is 438 g/mol. The van der Waals surface area contributed by atoms with Crippen molar-refractivity contribution in [1.29, 1.82) is 0 Å². The van der Waals surface area contributed by atoms with Crippen molar-refractivity contribution in [3.05, 3.63) is 77.4 Å². The Morgan fingerprint density at radius 3 is 2.28 bits per heavy atom. The molecule has 1 amide bonds. The van der Waals surface area contributed by atoms with Crippen LogP contribution in [0.15, 0.2) is 60.7 Å². The number of para-hydroxylation sites is 1. The fourth-order valence-electron chi connectivity index (χ4n) is 3.73. The Bertz CT molecular complexity index is 1340. The van der Waals surface area contributed by atoms with Crippen LogP contribution in [0.2, 0.25) is 0 Å². The number of aromatic nitrogens is 1. The molecule has 4 nitrogen and oxygen atoms in total. The lowest BCUT2D eigenvalue weighted by atomic mass is 10.0. The highest BCUT2D eigenvalue weighted by Gasteiger charge is 2.33. The third-order valence-corrected chi connectivity index (χ3v) is 5.01. The SMILES string of the molecule is NC(=O)c1cccc2c1c1ccc(C(F)(F)F)cc1n2Cc1ccccc1OC(F)(F)F. The molecule has 0 unspecified atom stereocenters. The molecule has 0 aliphatic rings. The number of halogens is 6. The number of hydrogen-bond acceptors (Lipinski definition) is 2. The van der Waals surface area contributed by atoms with Gasteiger partial charge in [0, 0.05) is 21.9 Å². The van der Waals surface area contributed by atoms with Crippen LogP contribution in [-0.2, 0) is 12.7 Å². The number of carbonyl (C=O) groups is 1. The number of nitrogens with two attached hydrogens (primary N) is 1. The van der Waals surface area contributed by atoms with E-state index in [0.29, 0.717) is 16.3 Å². The molecule has 0 radical (unpaired) electrons. The molecule has 4 rings (SSSR count). The van der Waals surface area contributed by atoms with Gasteiger partial charge in [-0.05, 0) is 30.3 Å². The maximum atomic E-state index is 13.4. The first kappa shape index (κ1) is 21.5. The number of nitrogens with zero attached hydrogens (tertiary/aromatic N) is 1. The number of fused-ring (bicyclic) bond motifs is 3. The molecule has 0 bridgehead atoms. The number of ether oxygens (including phenoxy) is 1. The highest BCUT2D eigenvalue weighted by Crippen LogP contribution is 2.38. The summed E-state index contributed by atoms with van der Waals surface area (Å²) in [5, 5.41) is 0.634. The van der Waals surface area contributed by atoms with E-state index in [1.54, 1.807) is 6.07 Å². The number of alkyl halides is 6. The van der Waals surface area contributed by atoms with E-state index in [9.17, 15) is 31.1 Å². The molecule has 166 valence electrons. The van der Waals surface area contributed by atoms with E-state index in [2.05, 4.69) is 4.74 Å². The summed E-state index contributed by atoms with van der Waals surface area (Å²) in [5.74, 6) is -1.26. The van der Waals surface area contributed by atoms with Crippen molar-refractivity contribution >= 4 is 27.7 Å². The van der Waals surface area contributed by atoms with Gasteiger partial charge in [-0.25, -0.2) is 0 Å². The number of amides is 1. The van der Waals surface area contributed by atoms with Gasteiger partial charge in [0.15, 0.2) is 0 Å². The molecule has 10 heteroatoms. The lowest BCUT2D eigenvalue weighted by Gasteiger charge is -2.15. The molecule has 3 aromatic carbocycles. The first-order chi connectivity index (χ1) is 15.0. The predicted octanol–water partition coefficient (Wildman–Crippen LogP) is 5.86. The average Bonchev–Trinajstić information content (AvgIpc) is 3.01. The number of carbonyl (C=O) groups excluding carboxylic acids is 1. The van der Waals surface area contributed by atoms with E-state index in [-0.39, 0.29) is 23.2 Å². The smallest absolute Gasteiger partial charge is 0.405 e. The first-order valence-corrected chi connectivity index (χ1v) is 9.21. The zero-order valence-corrected chi connectivity index (χ0v) is 16.1. The third kappa shape index (κ3) is 3.95. The second-order valence-electron chi connectivity index (χ2n) is 7.04. The standard InChI is InChI=1S/C22H14F6N2O2/c23-21(24,25)13-8-9-14-17(10-13)30(16-6-3-5-15(19(14)16)20(29)31)11-12-4-1-2-7-18(12)32-22(26,27)28/h1-10H,11H2,(H2,29,31). The van der Waals surface area contributed by atoms with Crippen molar-refractivity contribution in [1.82, 2.24) is 4.57 Å². The van der Waals surface area contributed by atoms with E-state index in [1.165, 1.54) is 41.0 Å². The Balaban J connectivity index is 2.00. The molecule has 32 heavy (non-hydrogen) atoms. The summed E-state index contributed by atoms with van der Waals surface area (Å²) in [5.41, 5.74) is 5.13. The zero-order valence-electron chi connectivity index (χ0n) is 16.1. The van der Waals surface area contributed by atoms with Crippen LogP contribution in [-0.4, -0.2) is 16.8 Å². The van der Waals surface area contributed by atoms with Crippen molar-refractivity contribution < 1.29 is 35.9 Å².